The number of hydrogen-bond donors (Lipinski definition) is 2. The molecule has 0 fully saturated rings. The zero-order chi connectivity index (χ0) is 15.0. The number of carboxylic acid groups (broad SMARTS) is 1. The van der Waals surface area contributed by atoms with E-state index in [1.165, 1.54) is 16.0 Å². The van der Waals surface area contributed by atoms with Crippen molar-refractivity contribution in [1.82, 2.24) is 9.71 Å². The second kappa shape index (κ2) is 5.48. The first-order valence-corrected chi connectivity index (χ1v) is 9.42. The van der Waals surface area contributed by atoms with Crippen LogP contribution in [0.3, 0.4) is 0 Å². The first kappa shape index (κ1) is 14.6. The normalized spacial score (nSPS) is 14.3. The van der Waals surface area contributed by atoms with E-state index in [4.69, 9.17) is 5.11 Å². The van der Waals surface area contributed by atoms with E-state index in [1.54, 1.807) is 11.3 Å². The minimum Gasteiger partial charge on any atom is -0.476 e. The molecule has 3 rings (SSSR count). The number of aromatic nitrogens is 1. The summed E-state index contributed by atoms with van der Waals surface area (Å²) in [6, 6.07) is 2.03. The van der Waals surface area contributed by atoms with Crippen LogP contribution in [0.5, 0.6) is 0 Å². The number of thiophene rings is 1. The average molecular weight is 344 g/mol. The predicted molar refractivity (Wildman–Crippen MR) is 79.4 cm³/mol. The molecule has 112 valence electrons. The van der Waals surface area contributed by atoms with Gasteiger partial charge in [-0.3, -0.25) is 0 Å². The Hall–Kier alpha value is -1.29. The largest absolute Gasteiger partial charge is 0.476 e. The van der Waals surface area contributed by atoms with Gasteiger partial charge in [-0.15, -0.1) is 22.7 Å². The van der Waals surface area contributed by atoms with Crippen molar-refractivity contribution < 1.29 is 18.3 Å². The van der Waals surface area contributed by atoms with Gasteiger partial charge in [0.05, 0.1) is 5.51 Å². The zero-order valence-corrected chi connectivity index (χ0v) is 13.3. The topological polar surface area (TPSA) is 96.4 Å². The lowest BCUT2D eigenvalue weighted by molar-refractivity contribution is 0.0687. The molecule has 0 saturated carbocycles. The molecule has 2 heterocycles. The molecular weight excluding hydrogens is 332 g/mol. The highest BCUT2D eigenvalue weighted by molar-refractivity contribution is 7.91. The summed E-state index contributed by atoms with van der Waals surface area (Å²) < 4.78 is 26.5. The Morgan fingerprint density at radius 1 is 1.43 bits per heavy atom. The van der Waals surface area contributed by atoms with Gasteiger partial charge in [-0.1, -0.05) is 0 Å². The van der Waals surface area contributed by atoms with Gasteiger partial charge in [0.25, 0.3) is 10.0 Å². The molecule has 0 spiro atoms. The lowest BCUT2D eigenvalue weighted by atomic mass is 10.2. The summed E-state index contributed by atoms with van der Waals surface area (Å²) in [7, 11) is -3.85. The van der Waals surface area contributed by atoms with Crippen molar-refractivity contribution in [3.63, 3.8) is 0 Å². The standard InChI is InChI=1S/C12H12N2O4S3/c15-11(16)10-12(19-6-13-10)21(17,18)14-5-8-4-7-2-1-3-9(7)20-8/h4,6,14H,1-3,5H2,(H,15,16). The monoisotopic (exact) mass is 344 g/mol. The van der Waals surface area contributed by atoms with Gasteiger partial charge in [-0.25, -0.2) is 22.9 Å². The Morgan fingerprint density at radius 3 is 2.95 bits per heavy atom. The molecule has 2 aromatic heterocycles. The number of fused-ring (bicyclic) bond motifs is 1. The average Bonchev–Trinajstić information content (AvgIpc) is 3.11. The second-order valence-corrected chi connectivity index (χ2v) is 8.67. The highest BCUT2D eigenvalue weighted by Crippen LogP contribution is 2.30. The molecule has 9 heteroatoms. The predicted octanol–water partition coefficient (Wildman–Crippen LogP) is 1.87. The van der Waals surface area contributed by atoms with Crippen LogP contribution in [-0.2, 0) is 29.4 Å². The van der Waals surface area contributed by atoms with Crippen LogP contribution < -0.4 is 4.72 Å². The first-order chi connectivity index (χ1) is 9.97. The molecule has 2 N–H and O–H groups in total. The molecule has 0 radical (unpaired) electrons. The summed E-state index contributed by atoms with van der Waals surface area (Å²) >= 11 is 2.42. The van der Waals surface area contributed by atoms with Gasteiger partial charge >= 0.3 is 5.97 Å². The second-order valence-electron chi connectivity index (χ2n) is 4.63. The fraction of sp³-hybridized carbons (Fsp3) is 0.333. The molecule has 0 amide bonds. The maximum atomic E-state index is 12.2. The molecular formula is C12H12N2O4S3. The van der Waals surface area contributed by atoms with Gasteiger partial charge in [0.1, 0.15) is 0 Å². The van der Waals surface area contributed by atoms with Crippen molar-refractivity contribution in [2.24, 2.45) is 0 Å². The summed E-state index contributed by atoms with van der Waals surface area (Å²) in [5, 5.41) is 8.94. The minimum absolute atomic E-state index is 0.178. The molecule has 21 heavy (non-hydrogen) atoms. The summed E-state index contributed by atoms with van der Waals surface area (Å²) in [5.41, 5.74) is 2.09. The van der Waals surface area contributed by atoms with Gasteiger partial charge in [0, 0.05) is 16.3 Å². The smallest absolute Gasteiger partial charge is 0.356 e. The van der Waals surface area contributed by atoms with E-state index in [1.807, 2.05) is 6.07 Å². The minimum atomic E-state index is -3.85. The lowest BCUT2D eigenvalue weighted by Crippen LogP contribution is -2.23. The highest BCUT2D eigenvalue weighted by atomic mass is 32.2. The number of aromatic carboxylic acids is 1. The Labute approximate surface area is 129 Å². The van der Waals surface area contributed by atoms with E-state index < -0.39 is 21.7 Å². The van der Waals surface area contributed by atoms with Gasteiger partial charge < -0.3 is 5.11 Å². The fourth-order valence-corrected chi connectivity index (χ4v) is 5.76. The van der Waals surface area contributed by atoms with Crippen molar-refractivity contribution in [2.45, 2.75) is 30.0 Å². The molecule has 0 bridgehead atoms. The van der Waals surface area contributed by atoms with E-state index >= 15 is 0 Å². The Morgan fingerprint density at radius 2 is 2.24 bits per heavy atom. The van der Waals surface area contributed by atoms with Gasteiger partial charge in [0.15, 0.2) is 9.90 Å². The number of aryl methyl sites for hydroxylation is 2. The van der Waals surface area contributed by atoms with Gasteiger partial charge in [-0.05, 0) is 30.9 Å². The molecule has 6 nitrogen and oxygen atoms in total. The first-order valence-electron chi connectivity index (χ1n) is 6.24. The van der Waals surface area contributed by atoms with E-state index in [9.17, 15) is 13.2 Å². The van der Waals surface area contributed by atoms with Gasteiger partial charge in [0.2, 0.25) is 0 Å². The van der Waals surface area contributed by atoms with E-state index in [-0.39, 0.29) is 10.8 Å². The molecule has 0 unspecified atom stereocenters. The summed E-state index contributed by atoms with van der Waals surface area (Å²) in [6.45, 7) is 0.178. The Balaban J connectivity index is 1.76. The summed E-state index contributed by atoms with van der Waals surface area (Å²) in [6.07, 6.45) is 3.28. The molecule has 1 aliphatic carbocycles. The van der Waals surface area contributed by atoms with Crippen LogP contribution in [0.2, 0.25) is 0 Å². The molecule has 1 aliphatic rings. The van der Waals surface area contributed by atoms with E-state index in [2.05, 4.69) is 9.71 Å². The van der Waals surface area contributed by atoms with Crippen LogP contribution in [0.4, 0.5) is 0 Å². The van der Waals surface area contributed by atoms with Crippen molar-refractivity contribution >= 4 is 38.7 Å². The number of nitrogens with zero attached hydrogens (tertiary/aromatic N) is 1. The third kappa shape index (κ3) is 2.86. The van der Waals surface area contributed by atoms with Crippen LogP contribution >= 0.6 is 22.7 Å². The fourth-order valence-electron chi connectivity index (χ4n) is 2.28. The third-order valence-electron chi connectivity index (χ3n) is 3.22. The SMILES string of the molecule is O=C(O)c1ncsc1S(=O)(=O)NCc1cc2c(s1)CCC2. The van der Waals surface area contributed by atoms with Crippen LogP contribution in [-0.4, -0.2) is 24.5 Å². The quantitative estimate of drug-likeness (QED) is 0.863. The number of carbonyl (C=O) groups is 1. The molecule has 0 aromatic carbocycles. The van der Waals surface area contributed by atoms with Crippen molar-refractivity contribution in [1.29, 1.82) is 0 Å². The van der Waals surface area contributed by atoms with E-state index in [0.29, 0.717) is 0 Å². The van der Waals surface area contributed by atoms with Crippen LogP contribution in [0.25, 0.3) is 0 Å². The van der Waals surface area contributed by atoms with Crippen LogP contribution in [0, 0.1) is 0 Å². The maximum Gasteiger partial charge on any atom is 0.356 e. The molecule has 0 aliphatic heterocycles. The maximum absolute atomic E-state index is 12.2. The van der Waals surface area contributed by atoms with Gasteiger partial charge in [-0.2, -0.15) is 0 Å². The Bertz CT molecular complexity index is 770. The van der Waals surface area contributed by atoms with Crippen LogP contribution in [0.1, 0.15) is 32.2 Å². The number of hydrogen-bond acceptors (Lipinski definition) is 6. The summed E-state index contributed by atoms with van der Waals surface area (Å²) in [4.78, 5) is 16.8. The number of nitrogens with one attached hydrogen (secondary N) is 1. The van der Waals surface area contributed by atoms with Crippen molar-refractivity contribution in [2.75, 3.05) is 0 Å². The molecule has 2 aromatic rings. The zero-order valence-electron chi connectivity index (χ0n) is 10.8. The number of rotatable bonds is 5. The molecule has 0 atom stereocenters. The highest BCUT2D eigenvalue weighted by Gasteiger charge is 2.26. The van der Waals surface area contributed by atoms with E-state index in [0.717, 1.165) is 35.5 Å². The number of thiazole rings is 1. The Kier molecular flexibility index (Phi) is 3.82. The van der Waals surface area contributed by atoms with Crippen molar-refractivity contribution in [3.05, 3.63) is 32.6 Å². The van der Waals surface area contributed by atoms with Crippen LogP contribution in [0.15, 0.2) is 15.8 Å². The number of carboxylic acids is 1. The summed E-state index contributed by atoms with van der Waals surface area (Å²) in [5.74, 6) is -1.34. The molecule has 0 saturated heterocycles. The van der Waals surface area contributed by atoms with Crippen molar-refractivity contribution in [3.8, 4) is 0 Å². The number of sulfonamides is 1. The lowest BCUT2D eigenvalue weighted by Gasteiger charge is -2.04. The third-order valence-corrected chi connectivity index (χ3v) is 7.22.